The maximum absolute atomic E-state index is 12.8. The molecule has 1 aromatic heterocycles. The quantitative estimate of drug-likeness (QED) is 0.482. The Morgan fingerprint density at radius 2 is 2.31 bits per heavy atom. The first-order valence-corrected chi connectivity index (χ1v) is 3.79. The lowest BCUT2D eigenvalue weighted by Gasteiger charge is -2.05. The van der Waals surface area contributed by atoms with Crippen LogP contribution in [0.1, 0.15) is 6.92 Å². The first-order valence-electron chi connectivity index (χ1n) is 3.79. The van der Waals surface area contributed by atoms with Crippen molar-refractivity contribution in [3.8, 4) is 5.75 Å². The molecule has 1 aromatic rings. The zero-order chi connectivity index (χ0) is 9.84. The van der Waals surface area contributed by atoms with Gasteiger partial charge in [-0.05, 0) is 13.0 Å². The van der Waals surface area contributed by atoms with Gasteiger partial charge in [0.1, 0.15) is 0 Å². The molecule has 0 atom stereocenters. The lowest BCUT2D eigenvalue weighted by molar-refractivity contribution is 0.316. The molecule has 0 amide bonds. The minimum absolute atomic E-state index is 0.0758. The third-order valence-corrected chi connectivity index (χ3v) is 1.43. The van der Waals surface area contributed by atoms with E-state index in [2.05, 4.69) is 4.98 Å². The molecule has 0 saturated carbocycles. The van der Waals surface area contributed by atoms with E-state index < -0.39 is 13.1 Å². The molecule has 13 heavy (non-hydrogen) atoms. The van der Waals surface area contributed by atoms with E-state index in [0.717, 1.165) is 6.20 Å². The molecular formula is C7H9BFNO3. The molecule has 1 rings (SSSR count). The van der Waals surface area contributed by atoms with Crippen molar-refractivity contribution in [1.29, 1.82) is 0 Å². The lowest BCUT2D eigenvalue weighted by atomic mass is 9.82. The molecule has 0 saturated heterocycles. The largest absolute Gasteiger partial charge is 0.490 e. The van der Waals surface area contributed by atoms with E-state index >= 15 is 0 Å². The summed E-state index contributed by atoms with van der Waals surface area (Å²) in [6.07, 6.45) is 1.04. The molecule has 2 N–H and O–H groups in total. The zero-order valence-electron chi connectivity index (χ0n) is 7.07. The fraction of sp³-hybridized carbons (Fsp3) is 0.286. The van der Waals surface area contributed by atoms with Gasteiger partial charge in [-0.25, -0.2) is 4.98 Å². The van der Waals surface area contributed by atoms with Crippen molar-refractivity contribution >= 4 is 12.6 Å². The van der Waals surface area contributed by atoms with Gasteiger partial charge >= 0.3 is 7.12 Å². The van der Waals surface area contributed by atoms with Crippen molar-refractivity contribution in [3.63, 3.8) is 0 Å². The summed E-state index contributed by atoms with van der Waals surface area (Å²) in [5.74, 6) is -0.834. The maximum Gasteiger partial charge on any atom is 0.490 e. The van der Waals surface area contributed by atoms with Gasteiger partial charge in [-0.15, -0.1) is 0 Å². The second kappa shape index (κ2) is 4.20. The van der Waals surface area contributed by atoms with Crippen molar-refractivity contribution in [1.82, 2.24) is 4.98 Å². The highest BCUT2D eigenvalue weighted by molar-refractivity contribution is 6.58. The van der Waals surface area contributed by atoms with Crippen LogP contribution in [0.4, 0.5) is 4.39 Å². The summed E-state index contributed by atoms with van der Waals surface area (Å²) in [6.45, 7) is 1.99. The summed E-state index contributed by atoms with van der Waals surface area (Å²) < 4.78 is 17.7. The molecule has 0 aliphatic rings. The number of aromatic nitrogens is 1. The van der Waals surface area contributed by atoms with E-state index in [-0.39, 0.29) is 11.2 Å². The van der Waals surface area contributed by atoms with Crippen molar-refractivity contribution in [3.05, 3.63) is 18.2 Å². The highest BCUT2D eigenvalue weighted by atomic mass is 19.1. The predicted octanol–water partition coefficient (Wildman–Crippen LogP) is -0.701. The highest BCUT2D eigenvalue weighted by Crippen LogP contribution is 2.11. The van der Waals surface area contributed by atoms with Crippen molar-refractivity contribution in [2.75, 3.05) is 6.61 Å². The van der Waals surface area contributed by atoms with E-state index in [1.165, 1.54) is 6.07 Å². The third kappa shape index (κ3) is 2.40. The standard InChI is InChI=1S/C7H9BFNO3/c1-2-13-6-3-5(8(11)12)4-10-7(6)9/h3-4,11-12H,2H2,1H3. The van der Waals surface area contributed by atoms with Gasteiger partial charge in [0.25, 0.3) is 5.95 Å². The fourth-order valence-corrected chi connectivity index (χ4v) is 0.841. The van der Waals surface area contributed by atoms with Crippen LogP contribution >= 0.6 is 0 Å². The summed E-state index contributed by atoms with van der Waals surface area (Å²) in [4.78, 5) is 3.31. The summed E-state index contributed by atoms with van der Waals surface area (Å²) in [7, 11) is -1.66. The molecule has 1 heterocycles. The van der Waals surface area contributed by atoms with Gasteiger partial charge in [0.05, 0.1) is 6.61 Å². The maximum atomic E-state index is 12.8. The Morgan fingerprint density at radius 1 is 1.62 bits per heavy atom. The number of hydrogen-bond acceptors (Lipinski definition) is 4. The molecule has 0 aromatic carbocycles. The predicted molar refractivity (Wildman–Crippen MR) is 45.2 cm³/mol. The molecule has 0 fully saturated rings. The van der Waals surface area contributed by atoms with Crippen molar-refractivity contribution < 1.29 is 19.2 Å². The summed E-state index contributed by atoms with van der Waals surface area (Å²) >= 11 is 0. The Hall–Kier alpha value is -1.14. The Balaban J connectivity index is 2.97. The molecular weight excluding hydrogens is 176 g/mol. The molecule has 0 unspecified atom stereocenters. The fourth-order valence-electron chi connectivity index (χ4n) is 0.841. The number of ether oxygens (including phenoxy) is 1. The van der Waals surface area contributed by atoms with Crippen LogP contribution in [0.2, 0.25) is 0 Å². The van der Waals surface area contributed by atoms with Crippen LogP contribution in [-0.4, -0.2) is 28.8 Å². The average molecular weight is 185 g/mol. The molecule has 0 aliphatic heterocycles. The van der Waals surface area contributed by atoms with Crippen LogP contribution in [0.5, 0.6) is 5.75 Å². The van der Waals surface area contributed by atoms with E-state index in [0.29, 0.717) is 6.61 Å². The summed E-state index contributed by atoms with van der Waals surface area (Å²) in [5.41, 5.74) is 0.102. The molecule has 0 bridgehead atoms. The number of pyridine rings is 1. The van der Waals surface area contributed by atoms with Gasteiger partial charge in [-0.1, -0.05) is 0 Å². The minimum atomic E-state index is -1.66. The first kappa shape index (κ1) is 9.95. The third-order valence-electron chi connectivity index (χ3n) is 1.43. The average Bonchev–Trinajstić information content (AvgIpc) is 2.08. The molecule has 0 spiro atoms. The van der Waals surface area contributed by atoms with E-state index in [1.807, 2.05) is 0 Å². The molecule has 4 nitrogen and oxygen atoms in total. The monoisotopic (exact) mass is 185 g/mol. The van der Waals surface area contributed by atoms with Crippen LogP contribution in [0, 0.1) is 5.95 Å². The van der Waals surface area contributed by atoms with E-state index in [9.17, 15) is 4.39 Å². The number of nitrogens with zero attached hydrogens (tertiary/aromatic N) is 1. The van der Waals surface area contributed by atoms with Crippen LogP contribution in [0.15, 0.2) is 12.3 Å². The van der Waals surface area contributed by atoms with Gasteiger partial charge in [0.2, 0.25) is 0 Å². The zero-order valence-corrected chi connectivity index (χ0v) is 7.07. The van der Waals surface area contributed by atoms with Crippen molar-refractivity contribution in [2.24, 2.45) is 0 Å². The molecule has 70 valence electrons. The van der Waals surface area contributed by atoms with Crippen LogP contribution in [0.25, 0.3) is 0 Å². The summed E-state index contributed by atoms with van der Waals surface area (Å²) in [5, 5.41) is 17.5. The topological polar surface area (TPSA) is 62.6 Å². The second-order valence-electron chi connectivity index (χ2n) is 2.36. The number of rotatable bonds is 3. The van der Waals surface area contributed by atoms with E-state index in [1.54, 1.807) is 6.92 Å². The Labute approximate surface area is 75.1 Å². The SMILES string of the molecule is CCOc1cc(B(O)O)cnc1F. The van der Waals surface area contributed by atoms with Crippen LogP contribution < -0.4 is 10.2 Å². The number of hydrogen-bond donors (Lipinski definition) is 2. The molecule has 6 heteroatoms. The minimum Gasteiger partial charge on any atom is -0.489 e. The Kier molecular flexibility index (Phi) is 3.22. The molecule has 0 aliphatic carbocycles. The van der Waals surface area contributed by atoms with Gasteiger partial charge in [0, 0.05) is 11.7 Å². The van der Waals surface area contributed by atoms with E-state index in [4.69, 9.17) is 14.8 Å². The van der Waals surface area contributed by atoms with Crippen LogP contribution in [-0.2, 0) is 0 Å². The van der Waals surface area contributed by atoms with Gasteiger partial charge in [-0.2, -0.15) is 4.39 Å². The Bertz CT molecular complexity index is 295. The normalized spacial score (nSPS) is 9.85. The van der Waals surface area contributed by atoms with Gasteiger partial charge < -0.3 is 14.8 Å². The van der Waals surface area contributed by atoms with Gasteiger partial charge in [-0.3, -0.25) is 0 Å². The first-order chi connectivity index (χ1) is 6.15. The lowest BCUT2D eigenvalue weighted by Crippen LogP contribution is -2.30. The molecule has 0 radical (unpaired) electrons. The van der Waals surface area contributed by atoms with Crippen LogP contribution in [0.3, 0.4) is 0 Å². The smallest absolute Gasteiger partial charge is 0.489 e. The second-order valence-corrected chi connectivity index (χ2v) is 2.36. The number of halogens is 1. The highest BCUT2D eigenvalue weighted by Gasteiger charge is 2.14. The van der Waals surface area contributed by atoms with Crippen molar-refractivity contribution in [2.45, 2.75) is 6.92 Å². The summed E-state index contributed by atoms with van der Waals surface area (Å²) in [6, 6.07) is 1.20. The Morgan fingerprint density at radius 3 is 2.85 bits per heavy atom. The van der Waals surface area contributed by atoms with Gasteiger partial charge in [0.15, 0.2) is 5.75 Å².